The minimum Gasteiger partial charge on any atom is -0.300 e. The van der Waals surface area contributed by atoms with Crippen LogP contribution in [0.25, 0.3) is 0 Å². The Morgan fingerprint density at radius 1 is 1.30 bits per heavy atom. The van der Waals surface area contributed by atoms with Crippen LogP contribution in [0.15, 0.2) is 41.8 Å². The number of benzene rings is 1. The number of aryl methyl sites for hydroxylation is 1. The fourth-order valence-electron chi connectivity index (χ4n) is 2.80. The molecular weight excluding hydrogens is 272 g/mol. The largest absolute Gasteiger partial charge is 0.300 e. The van der Waals surface area contributed by atoms with E-state index >= 15 is 0 Å². The van der Waals surface area contributed by atoms with Crippen LogP contribution in [0.5, 0.6) is 0 Å². The Kier molecular flexibility index (Phi) is 4.43. The van der Waals surface area contributed by atoms with Crippen molar-refractivity contribution in [1.82, 2.24) is 0 Å². The van der Waals surface area contributed by atoms with Gasteiger partial charge in [-0.1, -0.05) is 23.8 Å². The van der Waals surface area contributed by atoms with E-state index in [0.717, 1.165) is 18.4 Å². The zero-order valence-corrected chi connectivity index (χ0v) is 12.5. The van der Waals surface area contributed by atoms with Gasteiger partial charge in [0.25, 0.3) is 0 Å². The molecule has 20 heavy (non-hydrogen) atoms. The molecule has 1 aliphatic rings. The zero-order valence-electron chi connectivity index (χ0n) is 11.7. The molecule has 2 unspecified atom stereocenters. The van der Waals surface area contributed by atoms with Gasteiger partial charge in [-0.2, -0.15) is 0 Å². The van der Waals surface area contributed by atoms with E-state index in [1.54, 1.807) is 24.3 Å². The molecule has 1 aromatic rings. The molecule has 0 aromatic heterocycles. The van der Waals surface area contributed by atoms with Gasteiger partial charge in [-0.25, -0.2) is 8.42 Å². The van der Waals surface area contributed by atoms with Gasteiger partial charge in [0.05, 0.1) is 10.1 Å². The quantitative estimate of drug-likeness (QED) is 0.801. The van der Waals surface area contributed by atoms with Gasteiger partial charge in [0.15, 0.2) is 9.84 Å². The first kappa shape index (κ1) is 15.0. The van der Waals surface area contributed by atoms with Crippen LogP contribution >= 0.6 is 0 Å². The van der Waals surface area contributed by atoms with E-state index in [-0.39, 0.29) is 11.7 Å². The Morgan fingerprint density at radius 3 is 2.50 bits per heavy atom. The average molecular weight is 292 g/mol. The molecule has 0 spiro atoms. The van der Waals surface area contributed by atoms with Crippen molar-refractivity contribution in [3.63, 3.8) is 0 Å². The summed E-state index contributed by atoms with van der Waals surface area (Å²) in [5, 5.41) is -0.672. The minimum absolute atomic E-state index is 0.139. The van der Waals surface area contributed by atoms with Gasteiger partial charge in [0, 0.05) is 12.8 Å². The van der Waals surface area contributed by atoms with E-state index in [4.69, 9.17) is 0 Å². The summed E-state index contributed by atoms with van der Waals surface area (Å²) < 4.78 is 25.4. The highest BCUT2D eigenvalue weighted by molar-refractivity contribution is 7.92. The lowest BCUT2D eigenvalue weighted by molar-refractivity contribution is -0.121. The van der Waals surface area contributed by atoms with Crippen molar-refractivity contribution in [2.45, 2.75) is 42.8 Å². The lowest BCUT2D eigenvalue weighted by atomic mass is 9.86. The fourth-order valence-corrected chi connectivity index (χ4v) is 4.62. The van der Waals surface area contributed by atoms with Gasteiger partial charge in [-0.3, -0.25) is 4.79 Å². The van der Waals surface area contributed by atoms with Crippen LogP contribution in [0.3, 0.4) is 0 Å². The molecule has 0 amide bonds. The smallest absolute Gasteiger partial charge is 0.185 e. The maximum absolute atomic E-state index is 12.7. The van der Waals surface area contributed by atoms with E-state index < -0.39 is 15.1 Å². The molecule has 0 saturated heterocycles. The van der Waals surface area contributed by atoms with Crippen molar-refractivity contribution in [3.8, 4) is 0 Å². The minimum atomic E-state index is -3.46. The van der Waals surface area contributed by atoms with E-state index in [0.29, 0.717) is 17.7 Å². The summed E-state index contributed by atoms with van der Waals surface area (Å²) in [6.45, 7) is 5.60. The molecule has 2 rings (SSSR count). The number of carbonyl (C=O) groups is 1. The van der Waals surface area contributed by atoms with Crippen LogP contribution in [0.4, 0.5) is 0 Å². The molecule has 3 nitrogen and oxygen atoms in total. The third kappa shape index (κ3) is 3.01. The first-order chi connectivity index (χ1) is 9.45. The van der Waals surface area contributed by atoms with Gasteiger partial charge in [-0.05, 0) is 37.8 Å². The van der Waals surface area contributed by atoms with Crippen LogP contribution in [0, 0.1) is 12.8 Å². The SMILES string of the molecule is C=CC(C1CCCC(=O)C1)S(=O)(=O)c1ccc(C)cc1. The van der Waals surface area contributed by atoms with Crippen LogP contribution in [0.1, 0.15) is 31.2 Å². The lowest BCUT2D eigenvalue weighted by Gasteiger charge is -2.27. The number of hydrogen-bond acceptors (Lipinski definition) is 3. The predicted molar refractivity (Wildman–Crippen MR) is 79.3 cm³/mol. The molecule has 1 aromatic carbocycles. The molecular formula is C16H20O3S. The average Bonchev–Trinajstić information content (AvgIpc) is 2.40. The highest BCUT2D eigenvalue weighted by atomic mass is 32.2. The molecule has 1 fully saturated rings. The standard InChI is InChI=1S/C16H20O3S/c1-3-16(13-5-4-6-14(17)11-13)20(18,19)15-9-7-12(2)8-10-15/h3,7-10,13,16H,1,4-6,11H2,2H3. The third-order valence-corrected chi connectivity index (χ3v) is 6.15. The molecule has 0 aliphatic heterocycles. The highest BCUT2D eigenvalue weighted by Gasteiger charge is 2.35. The van der Waals surface area contributed by atoms with Gasteiger partial charge < -0.3 is 0 Å². The third-order valence-electron chi connectivity index (χ3n) is 3.93. The first-order valence-electron chi connectivity index (χ1n) is 6.90. The van der Waals surface area contributed by atoms with Crippen molar-refractivity contribution in [2.24, 2.45) is 5.92 Å². The molecule has 1 aliphatic carbocycles. The zero-order chi connectivity index (χ0) is 14.8. The normalized spacial score (nSPS) is 21.4. The van der Waals surface area contributed by atoms with Crippen molar-refractivity contribution in [2.75, 3.05) is 0 Å². The van der Waals surface area contributed by atoms with Gasteiger partial charge in [0.2, 0.25) is 0 Å². The van der Waals surface area contributed by atoms with Gasteiger partial charge in [-0.15, -0.1) is 6.58 Å². The molecule has 0 N–H and O–H groups in total. The summed E-state index contributed by atoms with van der Waals surface area (Å²) in [5.74, 6) is 0.0206. The number of carbonyl (C=O) groups excluding carboxylic acids is 1. The summed E-state index contributed by atoms with van der Waals surface area (Å²) in [6.07, 6.45) is 3.95. The second-order valence-corrected chi connectivity index (χ2v) is 7.56. The second kappa shape index (κ2) is 5.92. The number of rotatable bonds is 4. The van der Waals surface area contributed by atoms with Crippen LogP contribution in [-0.4, -0.2) is 19.5 Å². The molecule has 0 bridgehead atoms. The van der Waals surface area contributed by atoms with Crippen molar-refractivity contribution >= 4 is 15.6 Å². The second-order valence-electron chi connectivity index (χ2n) is 5.45. The summed E-state index contributed by atoms with van der Waals surface area (Å²) in [6, 6.07) is 6.84. The summed E-state index contributed by atoms with van der Waals surface area (Å²) >= 11 is 0. The highest BCUT2D eigenvalue weighted by Crippen LogP contribution is 2.31. The molecule has 4 heteroatoms. The van der Waals surface area contributed by atoms with Crippen LogP contribution in [0.2, 0.25) is 0 Å². The van der Waals surface area contributed by atoms with Crippen molar-refractivity contribution in [1.29, 1.82) is 0 Å². The number of hydrogen-bond donors (Lipinski definition) is 0. The summed E-state index contributed by atoms with van der Waals surface area (Å²) in [7, 11) is -3.46. The van der Waals surface area contributed by atoms with Gasteiger partial charge in [0.1, 0.15) is 5.78 Å². The Morgan fingerprint density at radius 2 is 1.95 bits per heavy atom. The molecule has 108 valence electrons. The molecule has 1 saturated carbocycles. The monoisotopic (exact) mass is 292 g/mol. The number of ketones is 1. The first-order valence-corrected chi connectivity index (χ1v) is 8.44. The maximum Gasteiger partial charge on any atom is 0.185 e. The summed E-state index contributed by atoms with van der Waals surface area (Å²) in [5.41, 5.74) is 1.02. The Labute approximate surface area is 120 Å². The lowest BCUT2D eigenvalue weighted by Crippen LogP contribution is -2.32. The van der Waals surface area contributed by atoms with Crippen molar-refractivity contribution < 1.29 is 13.2 Å². The fraction of sp³-hybridized carbons (Fsp3) is 0.438. The van der Waals surface area contributed by atoms with E-state index in [2.05, 4.69) is 6.58 Å². The Balaban J connectivity index is 2.32. The van der Waals surface area contributed by atoms with E-state index in [1.807, 2.05) is 6.92 Å². The van der Waals surface area contributed by atoms with Gasteiger partial charge >= 0.3 is 0 Å². The van der Waals surface area contributed by atoms with E-state index in [9.17, 15) is 13.2 Å². The predicted octanol–water partition coefficient (Wildman–Crippen LogP) is 3.08. The molecule has 0 radical (unpaired) electrons. The van der Waals surface area contributed by atoms with Crippen molar-refractivity contribution in [3.05, 3.63) is 42.5 Å². The Hall–Kier alpha value is -1.42. The Bertz CT molecular complexity index is 599. The summed E-state index contributed by atoms with van der Waals surface area (Å²) in [4.78, 5) is 11.9. The molecule has 2 atom stereocenters. The van der Waals surface area contributed by atoms with Crippen LogP contribution in [-0.2, 0) is 14.6 Å². The number of sulfone groups is 1. The molecule has 0 heterocycles. The topological polar surface area (TPSA) is 51.2 Å². The maximum atomic E-state index is 12.7. The number of Topliss-reactive ketones (excluding diaryl/α,β-unsaturated/α-hetero) is 1. The van der Waals surface area contributed by atoms with E-state index in [1.165, 1.54) is 6.08 Å². The van der Waals surface area contributed by atoms with Crippen LogP contribution < -0.4 is 0 Å².